The van der Waals surface area contributed by atoms with Crippen molar-refractivity contribution in [3.63, 3.8) is 0 Å². The van der Waals surface area contributed by atoms with Crippen LogP contribution in [-0.4, -0.2) is 28.1 Å². The third-order valence-corrected chi connectivity index (χ3v) is 5.25. The van der Waals surface area contributed by atoms with Gasteiger partial charge in [0.1, 0.15) is 10.8 Å². The zero-order valence-electron chi connectivity index (χ0n) is 13.9. The maximum absolute atomic E-state index is 12.9. The van der Waals surface area contributed by atoms with Crippen LogP contribution in [0.4, 0.5) is 10.1 Å². The zero-order chi connectivity index (χ0) is 18.5. The third kappa shape index (κ3) is 4.94. The topological polar surface area (TPSA) is 58.1 Å². The lowest BCUT2D eigenvalue weighted by Gasteiger charge is -2.15. The van der Waals surface area contributed by atoms with Gasteiger partial charge in [0.15, 0.2) is 0 Å². The Morgan fingerprint density at radius 2 is 1.88 bits per heavy atom. The van der Waals surface area contributed by atoms with Crippen molar-refractivity contribution in [1.29, 1.82) is 0 Å². The maximum atomic E-state index is 12.9. The summed E-state index contributed by atoms with van der Waals surface area (Å²) in [4.78, 5) is 14.3. The van der Waals surface area contributed by atoms with E-state index in [1.54, 1.807) is 0 Å². The van der Waals surface area contributed by atoms with E-state index in [2.05, 4.69) is 42.4 Å². The van der Waals surface area contributed by atoms with E-state index in [0.29, 0.717) is 12.2 Å². The van der Waals surface area contributed by atoms with Crippen LogP contribution in [0.1, 0.15) is 20.4 Å². The molecule has 1 N–H and O–H groups in total. The molecule has 5 nitrogen and oxygen atoms in total. The largest absolute Gasteiger partial charge is 0.320 e. The molecule has 3 aromatic rings. The van der Waals surface area contributed by atoms with Crippen LogP contribution in [0.3, 0.4) is 0 Å². The lowest BCUT2D eigenvalue weighted by atomic mass is 10.2. The lowest BCUT2D eigenvalue weighted by Crippen LogP contribution is -2.17. The van der Waals surface area contributed by atoms with Crippen molar-refractivity contribution in [1.82, 2.24) is 15.1 Å². The molecule has 3 rings (SSSR count). The van der Waals surface area contributed by atoms with Crippen LogP contribution >= 0.6 is 27.3 Å². The SMILES string of the molecule is CN(Cc1nnc(C(=O)Nc2ccc(F)cc2)s1)Cc1ccccc1Br. The number of benzene rings is 2. The molecule has 0 unspecified atom stereocenters. The Hall–Kier alpha value is -2.16. The van der Waals surface area contributed by atoms with Crippen LogP contribution in [0.15, 0.2) is 53.0 Å². The fourth-order valence-electron chi connectivity index (χ4n) is 2.33. The summed E-state index contributed by atoms with van der Waals surface area (Å²) in [5.74, 6) is -0.705. The van der Waals surface area contributed by atoms with Crippen molar-refractivity contribution in [2.24, 2.45) is 0 Å². The number of anilines is 1. The van der Waals surface area contributed by atoms with Crippen LogP contribution in [-0.2, 0) is 13.1 Å². The number of nitrogens with zero attached hydrogens (tertiary/aromatic N) is 3. The minimum atomic E-state index is -0.353. The number of aromatic nitrogens is 2. The molecule has 0 fully saturated rings. The van der Waals surface area contributed by atoms with Crippen molar-refractivity contribution in [2.75, 3.05) is 12.4 Å². The molecule has 2 aromatic carbocycles. The van der Waals surface area contributed by atoms with Gasteiger partial charge in [-0.05, 0) is 42.9 Å². The normalized spacial score (nSPS) is 10.9. The number of carbonyl (C=O) groups is 1. The molecule has 0 saturated carbocycles. The van der Waals surface area contributed by atoms with Gasteiger partial charge in [-0.15, -0.1) is 10.2 Å². The molecular formula is C18H16BrFN4OS. The van der Waals surface area contributed by atoms with E-state index >= 15 is 0 Å². The number of rotatable bonds is 6. The molecule has 0 saturated heterocycles. The van der Waals surface area contributed by atoms with Crippen LogP contribution in [0.5, 0.6) is 0 Å². The quantitative estimate of drug-likeness (QED) is 0.627. The van der Waals surface area contributed by atoms with Gasteiger partial charge in [-0.1, -0.05) is 45.5 Å². The Kier molecular flexibility index (Phi) is 6.08. The Bertz CT molecular complexity index is 900. The predicted octanol–water partition coefficient (Wildman–Crippen LogP) is 4.32. The molecule has 0 aliphatic carbocycles. The van der Waals surface area contributed by atoms with Gasteiger partial charge in [0, 0.05) is 16.7 Å². The van der Waals surface area contributed by atoms with Crippen LogP contribution in [0.25, 0.3) is 0 Å². The highest BCUT2D eigenvalue weighted by atomic mass is 79.9. The van der Waals surface area contributed by atoms with E-state index in [-0.39, 0.29) is 16.7 Å². The highest BCUT2D eigenvalue weighted by Gasteiger charge is 2.14. The van der Waals surface area contributed by atoms with E-state index in [4.69, 9.17) is 0 Å². The second kappa shape index (κ2) is 8.48. The minimum absolute atomic E-state index is 0.276. The van der Waals surface area contributed by atoms with Gasteiger partial charge >= 0.3 is 0 Å². The molecule has 0 radical (unpaired) electrons. The summed E-state index contributed by atoms with van der Waals surface area (Å²) in [6.07, 6.45) is 0. The summed E-state index contributed by atoms with van der Waals surface area (Å²) in [5, 5.41) is 11.8. The molecule has 0 bridgehead atoms. The van der Waals surface area contributed by atoms with Gasteiger partial charge in [-0.25, -0.2) is 4.39 Å². The second-order valence-corrected chi connectivity index (χ2v) is 7.64. The monoisotopic (exact) mass is 434 g/mol. The smallest absolute Gasteiger partial charge is 0.286 e. The lowest BCUT2D eigenvalue weighted by molar-refractivity contribution is 0.102. The molecule has 8 heteroatoms. The first-order valence-corrected chi connectivity index (χ1v) is 9.43. The Morgan fingerprint density at radius 1 is 1.15 bits per heavy atom. The van der Waals surface area contributed by atoms with Crippen LogP contribution in [0.2, 0.25) is 0 Å². The first-order valence-electron chi connectivity index (χ1n) is 7.82. The van der Waals surface area contributed by atoms with Gasteiger partial charge in [0.2, 0.25) is 5.01 Å². The van der Waals surface area contributed by atoms with Gasteiger partial charge in [-0.3, -0.25) is 9.69 Å². The van der Waals surface area contributed by atoms with E-state index < -0.39 is 0 Å². The van der Waals surface area contributed by atoms with Crippen molar-refractivity contribution < 1.29 is 9.18 Å². The maximum Gasteiger partial charge on any atom is 0.286 e. The molecule has 1 amide bonds. The second-order valence-electron chi connectivity index (χ2n) is 5.73. The molecule has 26 heavy (non-hydrogen) atoms. The standard InChI is InChI=1S/C18H16BrFN4OS/c1-24(10-12-4-2-3-5-15(12)19)11-16-22-23-18(26-16)17(25)21-14-8-6-13(20)7-9-14/h2-9H,10-11H2,1H3,(H,21,25). The Labute approximate surface area is 163 Å². The van der Waals surface area contributed by atoms with Crippen LogP contribution in [0, 0.1) is 5.82 Å². The molecule has 134 valence electrons. The van der Waals surface area contributed by atoms with Gasteiger partial charge in [0.25, 0.3) is 5.91 Å². The van der Waals surface area contributed by atoms with E-state index in [1.165, 1.54) is 41.2 Å². The highest BCUT2D eigenvalue weighted by Crippen LogP contribution is 2.19. The number of halogens is 2. The fraction of sp³-hybridized carbons (Fsp3) is 0.167. The molecule has 0 atom stereocenters. The molecule has 1 aromatic heterocycles. The minimum Gasteiger partial charge on any atom is -0.320 e. The van der Waals surface area contributed by atoms with Gasteiger partial charge in [0.05, 0.1) is 6.54 Å². The molecule has 0 spiro atoms. The Balaban J connectivity index is 1.59. The van der Waals surface area contributed by atoms with Crippen molar-refractivity contribution in [3.8, 4) is 0 Å². The van der Waals surface area contributed by atoms with Crippen LogP contribution < -0.4 is 5.32 Å². The Morgan fingerprint density at radius 3 is 2.62 bits per heavy atom. The van der Waals surface area contributed by atoms with Gasteiger partial charge in [-0.2, -0.15) is 0 Å². The molecule has 0 aliphatic heterocycles. The van der Waals surface area contributed by atoms with Gasteiger partial charge < -0.3 is 5.32 Å². The number of nitrogens with one attached hydrogen (secondary N) is 1. The summed E-state index contributed by atoms with van der Waals surface area (Å²) >= 11 is 4.79. The number of amides is 1. The van der Waals surface area contributed by atoms with Crippen molar-refractivity contribution in [2.45, 2.75) is 13.1 Å². The van der Waals surface area contributed by atoms with Crippen molar-refractivity contribution in [3.05, 3.63) is 74.4 Å². The van der Waals surface area contributed by atoms with E-state index in [1.807, 2.05) is 25.2 Å². The molecular weight excluding hydrogens is 419 g/mol. The predicted molar refractivity (Wildman–Crippen MR) is 104 cm³/mol. The first kappa shape index (κ1) is 18.6. The summed E-state index contributed by atoms with van der Waals surface area (Å²) < 4.78 is 14.0. The summed E-state index contributed by atoms with van der Waals surface area (Å²) in [7, 11) is 1.99. The zero-order valence-corrected chi connectivity index (χ0v) is 16.3. The molecule has 0 aliphatic rings. The highest BCUT2D eigenvalue weighted by molar-refractivity contribution is 9.10. The summed E-state index contributed by atoms with van der Waals surface area (Å²) in [6.45, 7) is 1.33. The number of carbonyl (C=O) groups excluding carboxylic acids is 1. The average Bonchev–Trinajstić information content (AvgIpc) is 3.07. The summed E-state index contributed by atoms with van der Waals surface area (Å²) in [5.41, 5.74) is 1.69. The van der Waals surface area contributed by atoms with Crippen molar-refractivity contribution >= 4 is 38.9 Å². The van der Waals surface area contributed by atoms with E-state index in [9.17, 15) is 9.18 Å². The average molecular weight is 435 g/mol. The summed E-state index contributed by atoms with van der Waals surface area (Å²) in [6, 6.07) is 13.6. The fourth-order valence-corrected chi connectivity index (χ4v) is 3.56. The first-order chi connectivity index (χ1) is 12.5. The molecule has 1 heterocycles. The third-order valence-electron chi connectivity index (χ3n) is 3.57. The number of hydrogen-bond acceptors (Lipinski definition) is 5. The number of hydrogen-bond donors (Lipinski definition) is 1. The van der Waals surface area contributed by atoms with E-state index in [0.717, 1.165) is 16.0 Å².